The summed E-state index contributed by atoms with van der Waals surface area (Å²) in [4.78, 5) is 31.8. The highest BCUT2D eigenvalue weighted by Crippen LogP contribution is 2.22. The van der Waals surface area contributed by atoms with Gasteiger partial charge < -0.3 is 0 Å². The van der Waals surface area contributed by atoms with Gasteiger partial charge in [0.25, 0.3) is 5.56 Å². The fraction of sp³-hybridized carbons (Fsp3) is 0.267. The van der Waals surface area contributed by atoms with Crippen LogP contribution in [-0.4, -0.2) is 15.3 Å². The lowest BCUT2D eigenvalue weighted by molar-refractivity contribution is 0.0973. The van der Waals surface area contributed by atoms with E-state index < -0.39 is 0 Å². The van der Waals surface area contributed by atoms with E-state index in [1.54, 1.807) is 24.3 Å². The van der Waals surface area contributed by atoms with Gasteiger partial charge in [-0.1, -0.05) is 13.0 Å². The summed E-state index contributed by atoms with van der Waals surface area (Å²) >= 11 is 2.93. The van der Waals surface area contributed by atoms with Gasteiger partial charge in [0.05, 0.1) is 16.8 Å². The minimum Gasteiger partial charge on any atom is -0.291 e. The van der Waals surface area contributed by atoms with E-state index in [0.29, 0.717) is 16.1 Å². The first kappa shape index (κ1) is 14.2. The number of thiophene rings is 2. The molecule has 0 atom stereocenters. The highest BCUT2D eigenvalue weighted by Gasteiger charge is 2.15. The largest absolute Gasteiger partial charge is 0.291 e. The zero-order valence-corrected chi connectivity index (χ0v) is 13.4. The number of ketones is 1. The van der Waals surface area contributed by atoms with Crippen molar-refractivity contribution in [3.63, 3.8) is 0 Å². The number of nitrogens with zero attached hydrogens (tertiary/aromatic N) is 2. The van der Waals surface area contributed by atoms with Crippen LogP contribution in [0.15, 0.2) is 28.4 Å². The maximum atomic E-state index is 12.6. The molecule has 0 aliphatic carbocycles. The van der Waals surface area contributed by atoms with E-state index in [1.165, 1.54) is 15.9 Å². The van der Waals surface area contributed by atoms with Crippen molar-refractivity contribution in [2.24, 2.45) is 0 Å². The van der Waals surface area contributed by atoms with Crippen LogP contribution in [0.3, 0.4) is 0 Å². The summed E-state index contributed by atoms with van der Waals surface area (Å²) in [5.74, 6) is 0.532. The highest BCUT2D eigenvalue weighted by molar-refractivity contribution is 7.18. The van der Waals surface area contributed by atoms with Crippen molar-refractivity contribution < 1.29 is 4.79 Å². The van der Waals surface area contributed by atoms with Crippen molar-refractivity contribution in [2.75, 3.05) is 0 Å². The molecule has 21 heavy (non-hydrogen) atoms. The van der Waals surface area contributed by atoms with Gasteiger partial charge in [-0.05, 0) is 30.9 Å². The molecule has 3 rings (SSSR count). The highest BCUT2D eigenvalue weighted by atomic mass is 32.1. The molecular formula is C15H14N2O2S2. The molecule has 0 saturated heterocycles. The molecule has 0 spiro atoms. The van der Waals surface area contributed by atoms with Crippen LogP contribution in [-0.2, 0) is 13.0 Å². The summed E-state index contributed by atoms with van der Waals surface area (Å²) in [5.41, 5.74) is -0.127. The number of fused-ring (bicyclic) bond motifs is 1. The smallest absolute Gasteiger partial charge is 0.262 e. The van der Waals surface area contributed by atoms with Gasteiger partial charge in [0.15, 0.2) is 5.78 Å². The molecule has 0 radical (unpaired) electrons. The minimum atomic E-state index is -0.127. The minimum absolute atomic E-state index is 0.0470. The summed E-state index contributed by atoms with van der Waals surface area (Å²) in [6.07, 6.45) is 0.883. The average Bonchev–Trinajstić information content (AvgIpc) is 3.11. The second-order valence-electron chi connectivity index (χ2n) is 4.74. The third kappa shape index (κ3) is 2.56. The lowest BCUT2D eigenvalue weighted by atomic mass is 10.3. The van der Waals surface area contributed by atoms with Crippen molar-refractivity contribution in [1.29, 1.82) is 0 Å². The first-order valence-corrected chi connectivity index (χ1v) is 8.36. The van der Waals surface area contributed by atoms with Crippen LogP contribution >= 0.6 is 22.7 Å². The van der Waals surface area contributed by atoms with Crippen LogP contribution in [0.25, 0.3) is 10.2 Å². The zero-order valence-electron chi connectivity index (χ0n) is 11.8. The molecular weight excluding hydrogens is 304 g/mol. The van der Waals surface area contributed by atoms with E-state index >= 15 is 0 Å². The molecule has 0 N–H and O–H groups in total. The summed E-state index contributed by atoms with van der Waals surface area (Å²) in [6, 6.07) is 5.50. The van der Waals surface area contributed by atoms with Crippen LogP contribution in [0, 0.1) is 6.92 Å². The van der Waals surface area contributed by atoms with Gasteiger partial charge in [0, 0.05) is 4.88 Å². The molecule has 3 aromatic rings. The topological polar surface area (TPSA) is 52.0 Å². The van der Waals surface area contributed by atoms with Crippen LogP contribution in [0.5, 0.6) is 0 Å². The maximum absolute atomic E-state index is 12.6. The first-order chi connectivity index (χ1) is 10.1. The van der Waals surface area contributed by atoms with Gasteiger partial charge in [-0.25, -0.2) is 4.98 Å². The SMILES string of the molecule is CCc1cc2c(=O)n(CC(=O)c3cccs3)c(C)nc2s1. The molecule has 0 unspecified atom stereocenters. The Morgan fingerprint density at radius 1 is 1.43 bits per heavy atom. The van der Waals surface area contributed by atoms with E-state index in [4.69, 9.17) is 0 Å². The summed E-state index contributed by atoms with van der Waals surface area (Å²) in [6.45, 7) is 3.87. The molecule has 4 nitrogen and oxygen atoms in total. The third-order valence-corrected chi connectivity index (χ3v) is 5.42. The fourth-order valence-corrected chi connectivity index (χ4v) is 3.85. The molecule has 0 aromatic carbocycles. The predicted molar refractivity (Wildman–Crippen MR) is 86.6 cm³/mol. The van der Waals surface area contributed by atoms with E-state index in [2.05, 4.69) is 11.9 Å². The number of hydrogen-bond donors (Lipinski definition) is 0. The Bertz CT molecular complexity index is 860. The van der Waals surface area contributed by atoms with Gasteiger partial charge in [-0.2, -0.15) is 0 Å². The lowest BCUT2D eigenvalue weighted by Crippen LogP contribution is -2.26. The van der Waals surface area contributed by atoms with Gasteiger partial charge >= 0.3 is 0 Å². The van der Waals surface area contributed by atoms with Crippen LogP contribution in [0.1, 0.15) is 27.3 Å². The maximum Gasteiger partial charge on any atom is 0.262 e. The average molecular weight is 318 g/mol. The number of aryl methyl sites for hydroxylation is 2. The number of rotatable bonds is 4. The third-order valence-electron chi connectivity index (χ3n) is 3.34. The molecule has 0 saturated carbocycles. The Kier molecular flexibility index (Phi) is 3.73. The van der Waals surface area contributed by atoms with E-state index in [1.807, 2.05) is 17.5 Å². The van der Waals surface area contributed by atoms with Crippen molar-refractivity contribution in [1.82, 2.24) is 9.55 Å². The van der Waals surface area contributed by atoms with E-state index in [9.17, 15) is 9.59 Å². The predicted octanol–water partition coefficient (Wildman–Crippen LogP) is 3.27. The van der Waals surface area contributed by atoms with Gasteiger partial charge in [-0.15, -0.1) is 22.7 Å². The standard InChI is InChI=1S/C15H14N2O2S2/c1-3-10-7-11-14(21-10)16-9(2)17(15(11)19)8-12(18)13-5-4-6-20-13/h4-7H,3,8H2,1-2H3. The second kappa shape index (κ2) is 5.54. The van der Waals surface area contributed by atoms with Gasteiger partial charge in [-0.3, -0.25) is 14.2 Å². The first-order valence-electron chi connectivity index (χ1n) is 6.66. The number of hydrogen-bond acceptors (Lipinski definition) is 5. The molecule has 6 heteroatoms. The summed E-state index contributed by atoms with van der Waals surface area (Å²) in [5, 5.41) is 2.47. The molecule has 0 aliphatic heterocycles. The monoisotopic (exact) mass is 318 g/mol. The molecule has 108 valence electrons. The Labute approximate surface area is 129 Å². The van der Waals surface area contributed by atoms with Crippen molar-refractivity contribution in [3.8, 4) is 0 Å². The van der Waals surface area contributed by atoms with Crippen molar-refractivity contribution in [3.05, 3.63) is 49.5 Å². The fourth-order valence-electron chi connectivity index (χ4n) is 2.19. The molecule has 3 heterocycles. The molecule has 0 aliphatic rings. The number of carbonyl (C=O) groups is 1. The molecule has 0 fully saturated rings. The Hall–Kier alpha value is -1.79. The van der Waals surface area contributed by atoms with Crippen LogP contribution < -0.4 is 5.56 Å². The van der Waals surface area contributed by atoms with Crippen LogP contribution in [0.2, 0.25) is 0 Å². The lowest BCUT2D eigenvalue weighted by Gasteiger charge is -2.07. The van der Waals surface area contributed by atoms with E-state index in [-0.39, 0.29) is 17.9 Å². The van der Waals surface area contributed by atoms with Gasteiger partial charge in [0.2, 0.25) is 0 Å². The van der Waals surface area contributed by atoms with Crippen LogP contribution in [0.4, 0.5) is 0 Å². The van der Waals surface area contributed by atoms with Crippen molar-refractivity contribution >= 4 is 38.7 Å². The molecule has 0 amide bonds. The van der Waals surface area contributed by atoms with Gasteiger partial charge in [0.1, 0.15) is 10.7 Å². The number of Topliss-reactive ketones (excluding diaryl/α,β-unsaturated/α-hetero) is 1. The Morgan fingerprint density at radius 3 is 2.90 bits per heavy atom. The Morgan fingerprint density at radius 2 is 2.24 bits per heavy atom. The normalized spacial score (nSPS) is 11.1. The molecule has 3 aromatic heterocycles. The molecule has 0 bridgehead atoms. The summed E-state index contributed by atoms with van der Waals surface area (Å²) < 4.78 is 1.47. The quantitative estimate of drug-likeness (QED) is 0.694. The number of aromatic nitrogens is 2. The van der Waals surface area contributed by atoms with E-state index in [0.717, 1.165) is 16.1 Å². The summed E-state index contributed by atoms with van der Waals surface area (Å²) in [7, 11) is 0. The number of carbonyl (C=O) groups excluding carboxylic acids is 1. The zero-order chi connectivity index (χ0) is 15.0. The van der Waals surface area contributed by atoms with Crippen molar-refractivity contribution in [2.45, 2.75) is 26.8 Å². The second-order valence-corrected chi connectivity index (χ2v) is 6.80. The Balaban J connectivity index is 2.06.